The van der Waals surface area contributed by atoms with Crippen molar-refractivity contribution >= 4 is 17.6 Å². The molecule has 0 fully saturated rings. The third-order valence-corrected chi connectivity index (χ3v) is 5.53. The highest BCUT2D eigenvalue weighted by Crippen LogP contribution is 2.34. The zero-order valence-corrected chi connectivity index (χ0v) is 14.5. The summed E-state index contributed by atoms with van der Waals surface area (Å²) >= 11 is 1.81. The molecule has 2 aromatic rings. The molecule has 0 saturated carbocycles. The van der Waals surface area contributed by atoms with Crippen molar-refractivity contribution in [3.05, 3.63) is 57.8 Å². The molecule has 1 nitrogen and oxygen atoms in total. The van der Waals surface area contributed by atoms with Gasteiger partial charge in [0.05, 0.1) is 0 Å². The smallest absolute Gasteiger partial charge is 0.126 e. The minimum absolute atomic E-state index is 0.178. The third-order valence-electron chi connectivity index (χ3n) is 4.57. The molecule has 0 amide bonds. The van der Waals surface area contributed by atoms with E-state index in [-0.39, 0.29) is 5.41 Å². The number of hydrogen-bond donors (Lipinski definition) is 0. The summed E-state index contributed by atoms with van der Waals surface area (Å²) in [7, 11) is 0. The molecule has 2 heteroatoms. The first kappa shape index (κ1) is 17.0. The van der Waals surface area contributed by atoms with Crippen molar-refractivity contribution < 1.29 is 4.79 Å². The van der Waals surface area contributed by atoms with Crippen LogP contribution in [0.25, 0.3) is 0 Å². The highest BCUT2D eigenvalue weighted by Gasteiger charge is 2.28. The number of thiophene rings is 1. The van der Waals surface area contributed by atoms with Crippen molar-refractivity contribution in [1.29, 1.82) is 0 Å². The Labute approximate surface area is 138 Å². The Morgan fingerprint density at radius 1 is 1.14 bits per heavy atom. The van der Waals surface area contributed by atoms with E-state index in [4.69, 9.17) is 0 Å². The number of aldehydes is 1. The van der Waals surface area contributed by atoms with Crippen LogP contribution in [0.1, 0.15) is 55.5 Å². The highest BCUT2D eigenvalue weighted by molar-refractivity contribution is 7.10. The van der Waals surface area contributed by atoms with Crippen LogP contribution in [-0.2, 0) is 17.6 Å². The summed E-state index contributed by atoms with van der Waals surface area (Å²) in [4.78, 5) is 13.2. The number of carbonyl (C=O) groups is 1. The van der Waals surface area contributed by atoms with E-state index in [0.717, 1.165) is 38.5 Å². The first-order chi connectivity index (χ1) is 10.7. The van der Waals surface area contributed by atoms with Gasteiger partial charge in [-0.2, -0.15) is 0 Å². The molecule has 0 radical (unpaired) electrons. The van der Waals surface area contributed by atoms with Crippen molar-refractivity contribution in [3.63, 3.8) is 0 Å². The van der Waals surface area contributed by atoms with Gasteiger partial charge in [-0.05, 0) is 41.8 Å². The lowest BCUT2D eigenvalue weighted by molar-refractivity contribution is -0.116. The van der Waals surface area contributed by atoms with Crippen molar-refractivity contribution in [3.8, 4) is 0 Å². The fraction of sp³-hybridized carbons (Fsp3) is 0.450. The maximum absolute atomic E-state index is 11.8. The molecule has 0 bridgehead atoms. The highest BCUT2D eigenvalue weighted by atomic mass is 32.1. The van der Waals surface area contributed by atoms with Crippen molar-refractivity contribution in [2.24, 2.45) is 5.41 Å². The summed E-state index contributed by atoms with van der Waals surface area (Å²) in [5.74, 6) is 0. The SMILES string of the molecule is CCCCC(C=O)(CC)Cc1ccsc1Cc1ccccc1. The summed E-state index contributed by atoms with van der Waals surface area (Å²) in [6.07, 6.45) is 7.29. The van der Waals surface area contributed by atoms with Crippen LogP contribution in [0.5, 0.6) is 0 Å². The van der Waals surface area contributed by atoms with Crippen LogP contribution >= 0.6 is 11.3 Å². The van der Waals surface area contributed by atoms with Crippen LogP contribution in [0.15, 0.2) is 41.8 Å². The van der Waals surface area contributed by atoms with Crippen LogP contribution in [0.2, 0.25) is 0 Å². The summed E-state index contributed by atoms with van der Waals surface area (Å²) in [5, 5.41) is 2.17. The average molecular weight is 314 g/mol. The van der Waals surface area contributed by atoms with Crippen molar-refractivity contribution in [1.82, 2.24) is 0 Å². The van der Waals surface area contributed by atoms with Gasteiger partial charge >= 0.3 is 0 Å². The minimum Gasteiger partial charge on any atom is -0.303 e. The van der Waals surface area contributed by atoms with Gasteiger partial charge < -0.3 is 4.79 Å². The topological polar surface area (TPSA) is 17.1 Å². The molecule has 0 spiro atoms. The van der Waals surface area contributed by atoms with Crippen LogP contribution < -0.4 is 0 Å². The van der Waals surface area contributed by atoms with E-state index in [2.05, 4.69) is 55.6 Å². The molecule has 1 aromatic heterocycles. The Bertz CT molecular complexity index is 572. The molecule has 0 N–H and O–H groups in total. The maximum atomic E-state index is 11.8. The Balaban J connectivity index is 2.15. The second kappa shape index (κ2) is 8.28. The lowest BCUT2D eigenvalue weighted by Crippen LogP contribution is -2.25. The van der Waals surface area contributed by atoms with Gasteiger partial charge in [-0.1, -0.05) is 57.0 Å². The van der Waals surface area contributed by atoms with Gasteiger partial charge in [0.25, 0.3) is 0 Å². The predicted molar refractivity (Wildman–Crippen MR) is 95.6 cm³/mol. The lowest BCUT2D eigenvalue weighted by Gasteiger charge is -2.26. The first-order valence-corrected chi connectivity index (χ1v) is 9.16. The Kier molecular flexibility index (Phi) is 6.38. The number of carbonyl (C=O) groups excluding carboxylic acids is 1. The molecule has 22 heavy (non-hydrogen) atoms. The van der Waals surface area contributed by atoms with Gasteiger partial charge in [-0.3, -0.25) is 0 Å². The second-order valence-electron chi connectivity index (χ2n) is 6.15. The van der Waals surface area contributed by atoms with Crippen LogP contribution in [0.3, 0.4) is 0 Å². The minimum atomic E-state index is -0.178. The van der Waals surface area contributed by atoms with Gasteiger partial charge in [0.15, 0.2) is 0 Å². The van der Waals surface area contributed by atoms with E-state index in [1.165, 1.54) is 22.3 Å². The number of rotatable bonds is 9. The molecule has 0 aliphatic rings. The molecule has 1 unspecified atom stereocenters. The molecule has 1 heterocycles. The maximum Gasteiger partial charge on any atom is 0.126 e. The van der Waals surface area contributed by atoms with Gasteiger partial charge in [-0.25, -0.2) is 0 Å². The Morgan fingerprint density at radius 2 is 1.91 bits per heavy atom. The van der Waals surface area contributed by atoms with Gasteiger partial charge in [0, 0.05) is 16.7 Å². The monoisotopic (exact) mass is 314 g/mol. The quantitative estimate of drug-likeness (QED) is 0.545. The number of unbranched alkanes of at least 4 members (excludes halogenated alkanes) is 1. The van der Waals surface area contributed by atoms with E-state index < -0.39 is 0 Å². The average Bonchev–Trinajstić information content (AvgIpc) is 2.99. The first-order valence-electron chi connectivity index (χ1n) is 8.28. The van der Waals surface area contributed by atoms with Gasteiger partial charge in [0.1, 0.15) is 6.29 Å². The molecule has 0 aliphatic carbocycles. The predicted octanol–water partition coefficient (Wildman–Crippen LogP) is 5.67. The largest absolute Gasteiger partial charge is 0.303 e. The van der Waals surface area contributed by atoms with Crippen molar-refractivity contribution in [2.45, 2.75) is 52.4 Å². The van der Waals surface area contributed by atoms with Gasteiger partial charge in [-0.15, -0.1) is 11.3 Å². The van der Waals surface area contributed by atoms with Crippen molar-refractivity contribution in [2.75, 3.05) is 0 Å². The van der Waals surface area contributed by atoms with E-state index >= 15 is 0 Å². The normalized spacial score (nSPS) is 13.7. The van der Waals surface area contributed by atoms with E-state index in [9.17, 15) is 4.79 Å². The van der Waals surface area contributed by atoms with Crippen LogP contribution in [0.4, 0.5) is 0 Å². The molecular formula is C20H26OS. The van der Waals surface area contributed by atoms with Crippen LogP contribution in [-0.4, -0.2) is 6.29 Å². The summed E-state index contributed by atoms with van der Waals surface area (Å²) in [6, 6.07) is 12.8. The zero-order valence-electron chi connectivity index (χ0n) is 13.7. The third kappa shape index (κ3) is 4.30. The zero-order chi connectivity index (χ0) is 15.8. The summed E-state index contributed by atoms with van der Waals surface area (Å²) < 4.78 is 0. The van der Waals surface area contributed by atoms with E-state index in [0.29, 0.717) is 0 Å². The van der Waals surface area contributed by atoms with E-state index in [1.807, 2.05) is 11.3 Å². The van der Waals surface area contributed by atoms with Gasteiger partial charge in [0.2, 0.25) is 0 Å². The summed E-state index contributed by atoms with van der Waals surface area (Å²) in [5.41, 5.74) is 2.52. The Hall–Kier alpha value is -1.41. The molecular weight excluding hydrogens is 288 g/mol. The second-order valence-corrected chi connectivity index (χ2v) is 7.15. The molecule has 0 aliphatic heterocycles. The fourth-order valence-electron chi connectivity index (χ4n) is 2.94. The summed E-state index contributed by atoms with van der Waals surface area (Å²) in [6.45, 7) is 4.34. The number of hydrogen-bond acceptors (Lipinski definition) is 2. The van der Waals surface area contributed by atoms with E-state index in [1.54, 1.807) is 0 Å². The molecule has 1 aromatic carbocycles. The molecule has 1 atom stereocenters. The van der Waals surface area contributed by atoms with Crippen LogP contribution in [0, 0.1) is 5.41 Å². The standard InChI is InChI=1S/C20H26OS/c1-3-5-12-20(4-2,16-21)15-18-11-13-22-19(18)14-17-9-7-6-8-10-17/h6-11,13,16H,3-5,12,14-15H2,1-2H3. The molecule has 2 rings (SSSR count). The molecule has 0 saturated heterocycles. The lowest BCUT2D eigenvalue weighted by atomic mass is 9.76. The number of benzene rings is 1. The fourth-order valence-corrected chi connectivity index (χ4v) is 3.88. The Morgan fingerprint density at radius 3 is 2.55 bits per heavy atom. The molecule has 118 valence electrons.